The van der Waals surface area contributed by atoms with Crippen LogP contribution in [0.3, 0.4) is 0 Å². The molecule has 6 nitrogen and oxygen atoms in total. The van der Waals surface area contributed by atoms with Crippen LogP contribution in [0.4, 0.5) is 0 Å². The fourth-order valence-corrected chi connectivity index (χ4v) is 2.62. The van der Waals surface area contributed by atoms with Gasteiger partial charge in [-0.15, -0.1) is 0 Å². The van der Waals surface area contributed by atoms with Gasteiger partial charge in [0.1, 0.15) is 12.4 Å². The van der Waals surface area contributed by atoms with E-state index in [4.69, 9.17) is 19.3 Å². The molecular formula is C22H29NO5. The molecule has 2 N–H and O–H groups in total. The number of methoxy groups -OCH3 is 1. The first-order valence-electron chi connectivity index (χ1n) is 9.55. The molecule has 0 saturated carbocycles. The lowest BCUT2D eigenvalue weighted by molar-refractivity contribution is -0.121. The van der Waals surface area contributed by atoms with Gasteiger partial charge in [0, 0.05) is 13.0 Å². The molecule has 0 spiro atoms. The summed E-state index contributed by atoms with van der Waals surface area (Å²) in [6.45, 7) is 3.34. The van der Waals surface area contributed by atoms with Crippen molar-refractivity contribution in [2.24, 2.45) is 0 Å². The second-order valence-corrected chi connectivity index (χ2v) is 6.33. The highest BCUT2D eigenvalue weighted by atomic mass is 16.5. The van der Waals surface area contributed by atoms with E-state index >= 15 is 0 Å². The van der Waals surface area contributed by atoms with Crippen molar-refractivity contribution in [3.63, 3.8) is 0 Å². The van der Waals surface area contributed by atoms with E-state index in [-0.39, 0.29) is 19.1 Å². The van der Waals surface area contributed by atoms with Gasteiger partial charge in [0.15, 0.2) is 11.5 Å². The van der Waals surface area contributed by atoms with Gasteiger partial charge in [0.2, 0.25) is 5.91 Å². The predicted molar refractivity (Wildman–Crippen MR) is 108 cm³/mol. The number of rotatable bonds is 12. The summed E-state index contributed by atoms with van der Waals surface area (Å²) in [5, 5.41) is 11.8. The van der Waals surface area contributed by atoms with Crippen LogP contribution >= 0.6 is 0 Å². The van der Waals surface area contributed by atoms with Crippen molar-refractivity contribution in [1.82, 2.24) is 5.32 Å². The number of hydrogen-bond donors (Lipinski definition) is 2. The lowest BCUT2D eigenvalue weighted by atomic mass is 10.1. The molecule has 28 heavy (non-hydrogen) atoms. The summed E-state index contributed by atoms with van der Waals surface area (Å²) in [5.74, 6) is 1.99. The minimum atomic E-state index is -0.0601. The molecule has 0 fully saturated rings. The topological polar surface area (TPSA) is 77.0 Å². The van der Waals surface area contributed by atoms with E-state index in [0.29, 0.717) is 37.5 Å². The summed E-state index contributed by atoms with van der Waals surface area (Å²) in [6.07, 6.45) is 2.08. The number of carbonyl (C=O) groups excluding carboxylic acids is 1. The number of carbonyl (C=O) groups is 1. The quantitative estimate of drug-likeness (QED) is 0.585. The molecule has 0 aliphatic rings. The Hall–Kier alpha value is -2.73. The largest absolute Gasteiger partial charge is 0.494 e. The minimum Gasteiger partial charge on any atom is -0.494 e. The fourth-order valence-electron chi connectivity index (χ4n) is 2.62. The van der Waals surface area contributed by atoms with Gasteiger partial charge in [-0.1, -0.05) is 25.1 Å². The Morgan fingerprint density at radius 2 is 1.75 bits per heavy atom. The maximum atomic E-state index is 12.1. The molecule has 0 saturated heterocycles. The highest BCUT2D eigenvalue weighted by Crippen LogP contribution is 2.28. The molecule has 0 heterocycles. The van der Waals surface area contributed by atoms with Crippen LogP contribution < -0.4 is 19.5 Å². The number of aliphatic hydroxyl groups is 1. The number of benzene rings is 2. The third-order valence-corrected chi connectivity index (χ3v) is 4.10. The Kier molecular flexibility index (Phi) is 9.15. The van der Waals surface area contributed by atoms with E-state index in [1.807, 2.05) is 36.4 Å². The van der Waals surface area contributed by atoms with Crippen LogP contribution in [0.1, 0.15) is 30.9 Å². The monoisotopic (exact) mass is 387 g/mol. The molecule has 0 radical (unpaired) electrons. The van der Waals surface area contributed by atoms with Gasteiger partial charge in [-0.2, -0.15) is 0 Å². The highest BCUT2D eigenvalue weighted by molar-refractivity contribution is 5.76. The average molecular weight is 387 g/mol. The van der Waals surface area contributed by atoms with Gasteiger partial charge in [-0.3, -0.25) is 4.79 Å². The Morgan fingerprint density at radius 1 is 1.00 bits per heavy atom. The number of aryl methyl sites for hydroxylation is 1. The molecule has 2 aromatic rings. The van der Waals surface area contributed by atoms with Gasteiger partial charge in [0.25, 0.3) is 0 Å². The zero-order valence-electron chi connectivity index (χ0n) is 16.6. The van der Waals surface area contributed by atoms with Crippen molar-refractivity contribution in [2.75, 3.05) is 26.9 Å². The van der Waals surface area contributed by atoms with Crippen LogP contribution in [-0.4, -0.2) is 37.9 Å². The fraction of sp³-hybridized carbons (Fsp3) is 0.409. The Morgan fingerprint density at radius 3 is 2.43 bits per heavy atom. The second kappa shape index (κ2) is 11.9. The Labute approximate surface area is 166 Å². The van der Waals surface area contributed by atoms with Crippen molar-refractivity contribution >= 4 is 5.91 Å². The maximum absolute atomic E-state index is 12.1. The molecule has 6 heteroatoms. The molecule has 0 aliphatic heterocycles. The normalized spacial score (nSPS) is 10.4. The molecule has 0 unspecified atom stereocenters. The van der Waals surface area contributed by atoms with E-state index in [9.17, 15) is 4.79 Å². The number of amides is 1. The zero-order valence-corrected chi connectivity index (χ0v) is 16.6. The number of aliphatic hydroxyl groups excluding tert-OH is 1. The molecule has 0 aromatic heterocycles. The van der Waals surface area contributed by atoms with Gasteiger partial charge < -0.3 is 24.6 Å². The minimum absolute atomic E-state index is 0.00844. The SMILES string of the molecule is CCCOc1ccc(CCC(=O)NCc2ccc(OCCO)c(OC)c2)cc1. The first kappa shape index (κ1) is 21.6. The molecule has 0 aliphatic carbocycles. The standard InChI is InChI=1S/C22H29NO5/c1-3-13-27-19-8-4-17(5-9-19)7-11-22(25)23-16-18-6-10-20(28-14-12-24)21(15-18)26-2/h4-6,8-10,15,24H,3,7,11-14,16H2,1-2H3,(H,23,25). The van der Waals surface area contributed by atoms with E-state index in [1.54, 1.807) is 13.2 Å². The summed E-state index contributed by atoms with van der Waals surface area (Å²) in [4.78, 5) is 12.1. The van der Waals surface area contributed by atoms with E-state index in [1.165, 1.54) is 0 Å². The van der Waals surface area contributed by atoms with Gasteiger partial charge in [-0.25, -0.2) is 0 Å². The number of ether oxygens (including phenoxy) is 3. The molecule has 1 amide bonds. The first-order valence-corrected chi connectivity index (χ1v) is 9.55. The third-order valence-electron chi connectivity index (χ3n) is 4.10. The van der Waals surface area contributed by atoms with Crippen LogP contribution in [0.25, 0.3) is 0 Å². The molecule has 0 bridgehead atoms. The summed E-state index contributed by atoms with van der Waals surface area (Å²) in [6, 6.07) is 13.3. The second-order valence-electron chi connectivity index (χ2n) is 6.33. The lowest BCUT2D eigenvalue weighted by Crippen LogP contribution is -2.23. The zero-order chi connectivity index (χ0) is 20.2. The first-order chi connectivity index (χ1) is 13.7. The predicted octanol–water partition coefficient (Wildman–Crippen LogP) is 3.10. The van der Waals surface area contributed by atoms with Crippen LogP contribution in [0, 0.1) is 0 Å². The lowest BCUT2D eigenvalue weighted by Gasteiger charge is -2.12. The van der Waals surface area contributed by atoms with Gasteiger partial charge in [-0.05, 0) is 48.2 Å². The average Bonchev–Trinajstić information content (AvgIpc) is 2.74. The summed E-state index contributed by atoms with van der Waals surface area (Å²) < 4.78 is 16.3. The summed E-state index contributed by atoms with van der Waals surface area (Å²) >= 11 is 0. The molecular weight excluding hydrogens is 358 g/mol. The summed E-state index contributed by atoms with van der Waals surface area (Å²) in [5.41, 5.74) is 2.02. The number of nitrogens with one attached hydrogen (secondary N) is 1. The van der Waals surface area contributed by atoms with Crippen LogP contribution in [0.5, 0.6) is 17.2 Å². The van der Waals surface area contributed by atoms with Crippen molar-refractivity contribution in [3.8, 4) is 17.2 Å². The van der Waals surface area contributed by atoms with Crippen molar-refractivity contribution in [2.45, 2.75) is 32.7 Å². The van der Waals surface area contributed by atoms with Crippen molar-refractivity contribution in [1.29, 1.82) is 0 Å². The smallest absolute Gasteiger partial charge is 0.220 e. The molecule has 0 atom stereocenters. The van der Waals surface area contributed by atoms with Crippen molar-refractivity contribution < 1.29 is 24.1 Å². The van der Waals surface area contributed by atoms with Gasteiger partial charge >= 0.3 is 0 Å². The molecule has 152 valence electrons. The third kappa shape index (κ3) is 7.12. The van der Waals surface area contributed by atoms with Crippen LogP contribution in [0.15, 0.2) is 42.5 Å². The van der Waals surface area contributed by atoms with E-state index < -0.39 is 0 Å². The highest BCUT2D eigenvalue weighted by Gasteiger charge is 2.08. The van der Waals surface area contributed by atoms with Crippen LogP contribution in [-0.2, 0) is 17.8 Å². The van der Waals surface area contributed by atoms with Crippen LogP contribution in [0.2, 0.25) is 0 Å². The van der Waals surface area contributed by atoms with Gasteiger partial charge in [0.05, 0.1) is 20.3 Å². The Bertz CT molecular complexity index is 730. The van der Waals surface area contributed by atoms with E-state index in [2.05, 4.69) is 12.2 Å². The molecule has 2 aromatic carbocycles. The molecule has 2 rings (SSSR count). The summed E-state index contributed by atoms with van der Waals surface area (Å²) in [7, 11) is 1.56. The Balaban J connectivity index is 1.79. The van der Waals surface area contributed by atoms with Crippen molar-refractivity contribution in [3.05, 3.63) is 53.6 Å². The number of hydrogen-bond acceptors (Lipinski definition) is 5. The maximum Gasteiger partial charge on any atom is 0.220 e. The van der Waals surface area contributed by atoms with E-state index in [0.717, 1.165) is 23.3 Å².